The minimum atomic E-state index is -0.547. The first-order valence-electron chi connectivity index (χ1n) is 7.44. The predicted octanol–water partition coefficient (Wildman–Crippen LogP) is 2.07. The Morgan fingerprint density at radius 2 is 2.04 bits per heavy atom. The average Bonchev–Trinajstić information content (AvgIpc) is 2.85. The van der Waals surface area contributed by atoms with Crippen molar-refractivity contribution >= 4 is 11.6 Å². The number of hydrogen-bond donors (Lipinski definition) is 1. The Morgan fingerprint density at radius 1 is 1.35 bits per heavy atom. The Balaban J connectivity index is 2.08. The summed E-state index contributed by atoms with van der Waals surface area (Å²) in [6.45, 7) is 4.24. The van der Waals surface area contributed by atoms with Gasteiger partial charge in [0.15, 0.2) is 5.82 Å². The van der Waals surface area contributed by atoms with E-state index < -0.39 is 11.7 Å². The maximum Gasteiger partial charge on any atom is 0.254 e. The summed E-state index contributed by atoms with van der Waals surface area (Å²) in [5.74, 6) is 0.701. The third-order valence-corrected chi connectivity index (χ3v) is 3.64. The van der Waals surface area contributed by atoms with Gasteiger partial charge in [-0.15, -0.1) is 10.2 Å². The van der Waals surface area contributed by atoms with Crippen molar-refractivity contribution in [3.8, 4) is 0 Å². The van der Waals surface area contributed by atoms with E-state index in [1.807, 2.05) is 39.6 Å². The van der Waals surface area contributed by atoms with Gasteiger partial charge in [-0.2, -0.15) is 0 Å². The zero-order valence-electron chi connectivity index (χ0n) is 14.1. The summed E-state index contributed by atoms with van der Waals surface area (Å²) in [6.07, 6.45) is 0. The molecule has 0 radical (unpaired) electrons. The average molecular weight is 319 g/mol. The van der Waals surface area contributed by atoms with Crippen molar-refractivity contribution in [1.29, 1.82) is 0 Å². The molecule has 0 aliphatic carbocycles. The van der Waals surface area contributed by atoms with E-state index in [0.29, 0.717) is 11.5 Å². The van der Waals surface area contributed by atoms with Gasteiger partial charge in [-0.3, -0.25) is 4.79 Å². The summed E-state index contributed by atoms with van der Waals surface area (Å²) in [6, 6.07) is 4.53. The summed E-state index contributed by atoms with van der Waals surface area (Å²) in [5, 5.41) is 10.8. The van der Waals surface area contributed by atoms with Crippen LogP contribution in [-0.2, 0) is 13.6 Å². The second-order valence-corrected chi connectivity index (χ2v) is 5.93. The first-order chi connectivity index (χ1) is 10.8. The standard InChI is InChI=1S/C16H22FN5O/c1-10(2)15-20-19-14(22(15)5)9-18-16(23)12-7-6-11(21(3)4)8-13(12)17/h6-8,10H,9H2,1-5H3,(H,18,23). The van der Waals surface area contributed by atoms with Gasteiger partial charge in [-0.1, -0.05) is 13.8 Å². The number of rotatable bonds is 5. The van der Waals surface area contributed by atoms with Crippen LogP contribution in [0.1, 0.15) is 41.8 Å². The Labute approximate surface area is 135 Å². The molecular weight excluding hydrogens is 297 g/mol. The first-order valence-corrected chi connectivity index (χ1v) is 7.44. The summed E-state index contributed by atoms with van der Waals surface area (Å²) in [5.41, 5.74) is 0.718. The van der Waals surface area contributed by atoms with Crippen LogP contribution >= 0.6 is 0 Å². The van der Waals surface area contributed by atoms with Crippen molar-refractivity contribution in [2.75, 3.05) is 19.0 Å². The van der Waals surface area contributed by atoms with Crippen LogP contribution in [0.3, 0.4) is 0 Å². The Hall–Kier alpha value is -2.44. The smallest absolute Gasteiger partial charge is 0.254 e. The van der Waals surface area contributed by atoms with Gasteiger partial charge >= 0.3 is 0 Å². The molecule has 0 unspecified atom stereocenters. The highest BCUT2D eigenvalue weighted by atomic mass is 19.1. The van der Waals surface area contributed by atoms with Crippen molar-refractivity contribution in [2.45, 2.75) is 26.3 Å². The molecule has 6 nitrogen and oxygen atoms in total. The summed E-state index contributed by atoms with van der Waals surface area (Å²) < 4.78 is 15.9. The van der Waals surface area contributed by atoms with Crippen LogP contribution in [0.2, 0.25) is 0 Å². The molecule has 0 spiro atoms. The van der Waals surface area contributed by atoms with E-state index in [4.69, 9.17) is 0 Å². The first kappa shape index (κ1) is 16.9. The highest BCUT2D eigenvalue weighted by Gasteiger charge is 2.15. The molecule has 0 aliphatic heterocycles. The Bertz CT molecular complexity index is 708. The largest absolute Gasteiger partial charge is 0.378 e. The number of aromatic nitrogens is 3. The zero-order chi connectivity index (χ0) is 17.1. The van der Waals surface area contributed by atoms with Gasteiger partial charge in [0, 0.05) is 32.7 Å². The van der Waals surface area contributed by atoms with Crippen molar-refractivity contribution < 1.29 is 9.18 Å². The molecule has 1 aromatic carbocycles. The summed E-state index contributed by atoms with van der Waals surface area (Å²) in [4.78, 5) is 13.9. The normalized spacial score (nSPS) is 10.9. The van der Waals surface area contributed by atoms with Gasteiger partial charge < -0.3 is 14.8 Å². The summed E-state index contributed by atoms with van der Waals surface area (Å²) in [7, 11) is 5.48. The molecule has 1 N–H and O–H groups in total. The zero-order valence-corrected chi connectivity index (χ0v) is 14.1. The minimum Gasteiger partial charge on any atom is -0.378 e. The minimum absolute atomic E-state index is 0.0156. The molecule has 1 amide bonds. The summed E-state index contributed by atoms with van der Waals surface area (Å²) >= 11 is 0. The molecular formula is C16H22FN5O. The van der Waals surface area contributed by atoms with Crippen LogP contribution < -0.4 is 10.2 Å². The van der Waals surface area contributed by atoms with E-state index in [0.717, 1.165) is 5.82 Å². The van der Waals surface area contributed by atoms with E-state index in [2.05, 4.69) is 15.5 Å². The number of benzene rings is 1. The Morgan fingerprint density at radius 3 is 2.57 bits per heavy atom. The number of hydrogen-bond acceptors (Lipinski definition) is 4. The molecule has 0 aliphatic rings. The molecule has 124 valence electrons. The maximum atomic E-state index is 14.1. The van der Waals surface area contributed by atoms with Gasteiger partial charge in [0.05, 0.1) is 12.1 Å². The van der Waals surface area contributed by atoms with Gasteiger partial charge in [0.2, 0.25) is 0 Å². The molecule has 1 heterocycles. The van der Waals surface area contributed by atoms with E-state index in [1.165, 1.54) is 12.1 Å². The van der Waals surface area contributed by atoms with E-state index >= 15 is 0 Å². The van der Waals surface area contributed by atoms with Crippen LogP contribution in [0.15, 0.2) is 18.2 Å². The van der Waals surface area contributed by atoms with Crippen LogP contribution in [-0.4, -0.2) is 34.8 Å². The number of nitrogens with one attached hydrogen (secondary N) is 1. The van der Waals surface area contributed by atoms with Gasteiger partial charge in [0.25, 0.3) is 5.91 Å². The second-order valence-electron chi connectivity index (χ2n) is 5.93. The van der Waals surface area contributed by atoms with Gasteiger partial charge in [-0.25, -0.2) is 4.39 Å². The fraction of sp³-hybridized carbons (Fsp3) is 0.438. The van der Waals surface area contributed by atoms with Crippen molar-refractivity contribution in [2.24, 2.45) is 7.05 Å². The fourth-order valence-corrected chi connectivity index (χ4v) is 2.25. The molecule has 0 saturated carbocycles. The van der Waals surface area contributed by atoms with Crippen LogP contribution in [0.5, 0.6) is 0 Å². The molecule has 0 fully saturated rings. The molecule has 2 rings (SSSR count). The number of nitrogens with zero attached hydrogens (tertiary/aromatic N) is 4. The number of halogens is 1. The van der Waals surface area contributed by atoms with E-state index in [1.54, 1.807) is 11.0 Å². The fourth-order valence-electron chi connectivity index (χ4n) is 2.25. The van der Waals surface area contributed by atoms with E-state index in [-0.39, 0.29) is 18.0 Å². The molecule has 1 aromatic heterocycles. The number of anilines is 1. The van der Waals surface area contributed by atoms with Crippen LogP contribution in [0.4, 0.5) is 10.1 Å². The molecule has 7 heteroatoms. The molecule has 0 saturated heterocycles. The number of carbonyl (C=O) groups is 1. The lowest BCUT2D eigenvalue weighted by Gasteiger charge is -2.13. The lowest BCUT2D eigenvalue weighted by Crippen LogP contribution is -2.25. The molecule has 0 atom stereocenters. The molecule has 2 aromatic rings. The SMILES string of the molecule is CC(C)c1nnc(CNC(=O)c2ccc(N(C)C)cc2F)n1C. The topological polar surface area (TPSA) is 63.1 Å². The number of amides is 1. The monoisotopic (exact) mass is 319 g/mol. The second kappa shape index (κ2) is 6.76. The van der Waals surface area contributed by atoms with Gasteiger partial charge in [-0.05, 0) is 18.2 Å². The van der Waals surface area contributed by atoms with E-state index in [9.17, 15) is 9.18 Å². The van der Waals surface area contributed by atoms with Crippen molar-refractivity contribution in [3.63, 3.8) is 0 Å². The molecule has 0 bridgehead atoms. The molecule has 23 heavy (non-hydrogen) atoms. The third-order valence-electron chi connectivity index (χ3n) is 3.64. The lowest BCUT2D eigenvalue weighted by molar-refractivity contribution is 0.0945. The van der Waals surface area contributed by atoms with Crippen LogP contribution in [0, 0.1) is 5.82 Å². The van der Waals surface area contributed by atoms with Crippen molar-refractivity contribution in [3.05, 3.63) is 41.2 Å². The highest BCUT2D eigenvalue weighted by molar-refractivity contribution is 5.94. The lowest BCUT2D eigenvalue weighted by atomic mass is 10.1. The van der Waals surface area contributed by atoms with Crippen molar-refractivity contribution in [1.82, 2.24) is 20.1 Å². The Kier molecular flexibility index (Phi) is 4.98. The van der Waals surface area contributed by atoms with Crippen LogP contribution in [0.25, 0.3) is 0 Å². The maximum absolute atomic E-state index is 14.1. The quantitative estimate of drug-likeness (QED) is 0.916. The highest BCUT2D eigenvalue weighted by Crippen LogP contribution is 2.17. The van der Waals surface area contributed by atoms with Gasteiger partial charge in [0.1, 0.15) is 11.6 Å². The third kappa shape index (κ3) is 3.67. The number of carbonyl (C=O) groups excluding carboxylic acids is 1. The predicted molar refractivity (Wildman–Crippen MR) is 87.0 cm³/mol.